The molecule has 2 nitrogen and oxygen atoms in total. The molecule has 0 aliphatic rings. The van der Waals surface area contributed by atoms with Crippen LogP contribution < -0.4 is 0 Å². The van der Waals surface area contributed by atoms with Gasteiger partial charge in [-0.15, -0.1) is 5.16 Å². The third-order valence-corrected chi connectivity index (χ3v) is 0.299. The van der Waals surface area contributed by atoms with Crippen molar-refractivity contribution in [3.63, 3.8) is 0 Å². The molecule has 0 aliphatic carbocycles. The van der Waals surface area contributed by atoms with E-state index in [1.807, 2.05) is 0 Å². The van der Waals surface area contributed by atoms with Crippen LogP contribution in [0.2, 0.25) is 0 Å². The predicted molar refractivity (Wildman–Crippen MR) is 25.9 cm³/mol. The van der Waals surface area contributed by atoms with Gasteiger partial charge in [-0.25, -0.2) is 0 Å². The molecule has 0 aromatic rings. The zero-order valence-electron chi connectivity index (χ0n) is 3.52. The summed E-state index contributed by atoms with van der Waals surface area (Å²) in [6, 6.07) is 0. The molecule has 0 aromatic heterocycles. The molecule has 0 spiro atoms. The second-order valence-corrected chi connectivity index (χ2v) is 1.39. The summed E-state index contributed by atoms with van der Waals surface area (Å²) in [6.07, 6.45) is 0. The van der Waals surface area contributed by atoms with Crippen molar-refractivity contribution in [1.82, 2.24) is 0 Å². The number of rotatable bonds is 2. The molecule has 0 aromatic carbocycles. The highest BCUT2D eigenvalue weighted by atomic mass is 35.5. The molecule has 0 saturated heterocycles. The summed E-state index contributed by atoms with van der Waals surface area (Å²) in [5.74, 6) is 0. The Kier molecular flexibility index (Phi) is 2.85. The maximum absolute atomic E-state index is 5.22. The van der Waals surface area contributed by atoms with Crippen LogP contribution in [-0.2, 0) is 4.84 Å². The van der Waals surface area contributed by atoms with Gasteiger partial charge in [-0.05, 0) is 6.92 Å². The minimum Gasteiger partial charge on any atom is -0.377 e. The molecule has 0 saturated carbocycles. The van der Waals surface area contributed by atoms with Gasteiger partial charge in [-0.3, -0.25) is 0 Å². The van der Waals surface area contributed by atoms with Gasteiger partial charge in [-0.2, -0.15) is 0 Å². The van der Waals surface area contributed by atoms with E-state index in [9.17, 15) is 0 Å². The van der Waals surface area contributed by atoms with Crippen LogP contribution in [0.25, 0.3) is 0 Å². The van der Waals surface area contributed by atoms with Crippen LogP contribution in [0.3, 0.4) is 0 Å². The summed E-state index contributed by atoms with van der Waals surface area (Å²) < 4.78 is 0. The first-order valence-electron chi connectivity index (χ1n) is 1.53. The van der Waals surface area contributed by atoms with Crippen LogP contribution in [0.1, 0.15) is 6.92 Å². The molecule has 0 rings (SSSR count). The fourth-order valence-corrected chi connectivity index (χ4v) is 0.159. The molecule has 6 heavy (non-hydrogen) atoms. The van der Waals surface area contributed by atoms with Crippen LogP contribution in [0.4, 0.5) is 0 Å². The Bertz CT molecular complexity index is 46.1. The molecule has 0 fully saturated rings. The predicted octanol–water partition coefficient (Wildman–Crippen LogP) is 1.20. The van der Waals surface area contributed by atoms with Crippen LogP contribution in [-0.4, -0.2) is 12.3 Å². The van der Waals surface area contributed by atoms with E-state index in [0.717, 1.165) is 0 Å². The first kappa shape index (κ1) is 5.76. The van der Waals surface area contributed by atoms with E-state index in [4.69, 9.17) is 11.6 Å². The number of nitrogens with zero attached hydrogens (tertiary/aromatic N) is 1. The zero-order valence-corrected chi connectivity index (χ0v) is 4.27. The molecule has 0 bridgehead atoms. The van der Waals surface area contributed by atoms with E-state index in [-0.39, 0.29) is 5.56 Å². The number of hydrogen-bond acceptors (Lipinski definition) is 2. The van der Waals surface area contributed by atoms with Crippen molar-refractivity contribution < 1.29 is 4.84 Å². The van der Waals surface area contributed by atoms with Gasteiger partial charge in [0.1, 0.15) is 0 Å². The van der Waals surface area contributed by atoms with Gasteiger partial charge < -0.3 is 4.84 Å². The Labute approximate surface area is 41.7 Å². The molecular weight excluding hydrogens is 101 g/mol. The molecule has 0 heterocycles. The number of hydrogen-bond donors (Lipinski definition) is 0. The maximum Gasteiger partial charge on any atom is 0.197 e. The fraction of sp³-hybridized carbons (Fsp3) is 0.667. The molecular formula is C3H6ClNO. The Morgan fingerprint density at radius 1 is 2.00 bits per heavy atom. The SMILES string of the molecule is C=NOC(C)Cl. The van der Waals surface area contributed by atoms with Gasteiger partial charge in [-0.1, -0.05) is 11.6 Å². The van der Waals surface area contributed by atoms with Crippen molar-refractivity contribution in [2.75, 3.05) is 0 Å². The Hall–Kier alpha value is -0.240. The summed E-state index contributed by atoms with van der Waals surface area (Å²) in [6.45, 7) is 4.71. The molecule has 3 heteroatoms. The lowest BCUT2D eigenvalue weighted by Gasteiger charge is -1.94. The Morgan fingerprint density at radius 2 is 2.50 bits per heavy atom. The number of oxime groups is 1. The van der Waals surface area contributed by atoms with E-state index in [2.05, 4.69) is 16.7 Å². The first-order valence-corrected chi connectivity index (χ1v) is 1.97. The summed E-state index contributed by atoms with van der Waals surface area (Å²) in [5.41, 5.74) is -0.359. The van der Waals surface area contributed by atoms with Gasteiger partial charge in [0.05, 0.1) is 0 Å². The topological polar surface area (TPSA) is 21.6 Å². The normalized spacial score (nSPS) is 13.0. The summed E-state index contributed by atoms with van der Waals surface area (Å²) >= 11 is 5.22. The van der Waals surface area contributed by atoms with E-state index in [1.165, 1.54) is 0 Å². The summed E-state index contributed by atoms with van der Waals surface area (Å²) in [7, 11) is 0. The third kappa shape index (κ3) is 3.76. The van der Waals surface area contributed by atoms with Crippen LogP contribution in [0, 0.1) is 0 Å². The fourth-order valence-electron chi connectivity index (χ4n) is 0.103. The maximum atomic E-state index is 5.22. The lowest BCUT2D eigenvalue weighted by atomic mass is 10.9. The molecule has 0 N–H and O–H groups in total. The minimum absolute atomic E-state index is 0.359. The molecule has 0 radical (unpaired) electrons. The summed E-state index contributed by atoms with van der Waals surface area (Å²) in [4.78, 5) is 4.32. The Balaban J connectivity index is 2.81. The lowest BCUT2D eigenvalue weighted by molar-refractivity contribution is 0.131. The highest BCUT2D eigenvalue weighted by Crippen LogP contribution is 1.92. The number of alkyl halides is 1. The highest BCUT2D eigenvalue weighted by Gasteiger charge is 1.86. The van der Waals surface area contributed by atoms with E-state index in [0.29, 0.717) is 0 Å². The van der Waals surface area contributed by atoms with Crippen LogP contribution in [0.5, 0.6) is 0 Å². The average molecular weight is 108 g/mol. The first-order chi connectivity index (χ1) is 2.77. The highest BCUT2D eigenvalue weighted by molar-refractivity contribution is 6.19. The standard InChI is InChI=1S/C3H6ClNO/c1-3(4)6-5-2/h3H,2H2,1H3. The van der Waals surface area contributed by atoms with Crippen molar-refractivity contribution in [1.29, 1.82) is 0 Å². The van der Waals surface area contributed by atoms with E-state index >= 15 is 0 Å². The van der Waals surface area contributed by atoms with Gasteiger partial charge in [0.15, 0.2) is 5.56 Å². The number of halogens is 1. The van der Waals surface area contributed by atoms with Crippen molar-refractivity contribution in [3.05, 3.63) is 0 Å². The van der Waals surface area contributed by atoms with Crippen LogP contribution >= 0.6 is 11.6 Å². The quantitative estimate of drug-likeness (QED) is 0.295. The van der Waals surface area contributed by atoms with Crippen molar-refractivity contribution in [3.8, 4) is 0 Å². The van der Waals surface area contributed by atoms with Gasteiger partial charge >= 0.3 is 0 Å². The lowest BCUT2D eigenvalue weighted by Crippen LogP contribution is -1.89. The second-order valence-electron chi connectivity index (χ2n) is 0.778. The molecule has 1 unspecified atom stereocenters. The van der Waals surface area contributed by atoms with Gasteiger partial charge in [0.25, 0.3) is 0 Å². The molecule has 36 valence electrons. The zero-order chi connectivity index (χ0) is 4.99. The van der Waals surface area contributed by atoms with Crippen molar-refractivity contribution in [2.24, 2.45) is 5.16 Å². The molecule has 0 aliphatic heterocycles. The van der Waals surface area contributed by atoms with Crippen LogP contribution in [0.15, 0.2) is 5.16 Å². The largest absolute Gasteiger partial charge is 0.377 e. The van der Waals surface area contributed by atoms with Crippen molar-refractivity contribution in [2.45, 2.75) is 12.5 Å². The monoisotopic (exact) mass is 107 g/mol. The summed E-state index contributed by atoms with van der Waals surface area (Å²) in [5, 5.41) is 3.05. The second kappa shape index (κ2) is 2.97. The smallest absolute Gasteiger partial charge is 0.197 e. The van der Waals surface area contributed by atoms with E-state index < -0.39 is 0 Å². The average Bonchev–Trinajstić information content (AvgIpc) is 1.35. The van der Waals surface area contributed by atoms with Gasteiger partial charge in [0, 0.05) is 6.72 Å². The molecule has 0 amide bonds. The molecule has 1 atom stereocenters. The van der Waals surface area contributed by atoms with Crippen molar-refractivity contribution >= 4 is 18.3 Å². The van der Waals surface area contributed by atoms with Gasteiger partial charge in [0.2, 0.25) is 0 Å². The minimum atomic E-state index is -0.359. The van der Waals surface area contributed by atoms with E-state index in [1.54, 1.807) is 6.92 Å². The third-order valence-electron chi connectivity index (χ3n) is 0.220. The Morgan fingerprint density at radius 3 is 2.50 bits per heavy atom.